The summed E-state index contributed by atoms with van der Waals surface area (Å²) >= 11 is 23.7. The van der Waals surface area contributed by atoms with Gasteiger partial charge in [-0.2, -0.15) is 0 Å². The van der Waals surface area contributed by atoms with Crippen LogP contribution in [0.5, 0.6) is 23.0 Å². The molecule has 0 spiro atoms. The molecule has 0 amide bonds. The van der Waals surface area contributed by atoms with Crippen LogP contribution >= 0.6 is 62.0 Å². The minimum Gasteiger partial charge on any atom is -0.395 e. The lowest BCUT2D eigenvalue weighted by atomic mass is 10.3. The first kappa shape index (κ1) is 27.7. The number of phosphoric ester groups is 2. The van der Waals surface area contributed by atoms with Gasteiger partial charge in [0, 0.05) is 20.1 Å². The first-order valence-corrected chi connectivity index (χ1v) is 14.8. The normalized spacial score (nSPS) is 11.6. The van der Waals surface area contributed by atoms with E-state index in [0.29, 0.717) is 20.1 Å². The number of hydrogen-bond acceptors (Lipinski definition) is 7. The summed E-state index contributed by atoms with van der Waals surface area (Å²) < 4.78 is 55.5. The third-order valence-electron chi connectivity index (χ3n) is 4.32. The molecule has 0 fully saturated rings. The SMILES string of the molecule is O=P(Oc1ccc(Cl)cc1)(Oc1ccc(Cl)cc1)OP(=O)(Oc1ccc(Cl)cc1)Oc1ccc(Cl)cc1. The summed E-state index contributed by atoms with van der Waals surface area (Å²) in [5, 5.41) is 1.63. The van der Waals surface area contributed by atoms with Crippen molar-refractivity contribution in [3.05, 3.63) is 117 Å². The lowest BCUT2D eigenvalue weighted by Gasteiger charge is -2.24. The van der Waals surface area contributed by atoms with Gasteiger partial charge in [0.25, 0.3) is 0 Å². The van der Waals surface area contributed by atoms with Gasteiger partial charge in [-0.15, -0.1) is 4.31 Å². The summed E-state index contributed by atoms with van der Waals surface area (Å²) in [6, 6.07) is 23.4. The molecular formula is C24H16Cl4O7P2. The highest BCUT2D eigenvalue weighted by atomic mass is 35.5. The molecule has 0 aliphatic heterocycles. The van der Waals surface area contributed by atoms with Crippen molar-refractivity contribution in [1.82, 2.24) is 0 Å². The summed E-state index contributed by atoms with van der Waals surface area (Å²) in [5.41, 5.74) is 0. The summed E-state index contributed by atoms with van der Waals surface area (Å²) in [5.74, 6) is 0.190. The molecule has 0 aliphatic carbocycles. The van der Waals surface area contributed by atoms with Crippen LogP contribution in [0.15, 0.2) is 97.1 Å². The Balaban J connectivity index is 1.71. The van der Waals surface area contributed by atoms with Crippen molar-refractivity contribution in [3.8, 4) is 23.0 Å². The Morgan fingerprint density at radius 1 is 0.378 bits per heavy atom. The van der Waals surface area contributed by atoms with E-state index in [1.54, 1.807) is 0 Å². The summed E-state index contributed by atoms with van der Waals surface area (Å²) in [4.78, 5) is 0. The topological polar surface area (TPSA) is 80.3 Å². The van der Waals surface area contributed by atoms with Gasteiger partial charge in [0.15, 0.2) is 0 Å². The zero-order valence-corrected chi connectivity index (χ0v) is 23.3. The lowest BCUT2D eigenvalue weighted by molar-refractivity contribution is 0.243. The molecule has 0 unspecified atom stereocenters. The van der Waals surface area contributed by atoms with E-state index in [4.69, 9.17) is 68.8 Å². The lowest BCUT2D eigenvalue weighted by Crippen LogP contribution is -2.10. The second-order valence-corrected chi connectivity index (χ2v) is 12.1. The van der Waals surface area contributed by atoms with Crippen molar-refractivity contribution in [1.29, 1.82) is 0 Å². The second-order valence-electron chi connectivity index (χ2n) is 7.16. The van der Waals surface area contributed by atoms with Gasteiger partial charge in [-0.3, -0.25) is 0 Å². The van der Waals surface area contributed by atoms with Crippen molar-refractivity contribution in [2.75, 3.05) is 0 Å². The number of phosphoric acid groups is 2. The molecule has 0 aromatic heterocycles. The van der Waals surface area contributed by atoms with Gasteiger partial charge in [0.05, 0.1) is 0 Å². The molecular weight excluding hydrogens is 604 g/mol. The van der Waals surface area contributed by atoms with Crippen molar-refractivity contribution in [2.45, 2.75) is 0 Å². The van der Waals surface area contributed by atoms with E-state index in [0.717, 1.165) is 0 Å². The highest BCUT2D eigenvalue weighted by Gasteiger charge is 2.46. The molecule has 37 heavy (non-hydrogen) atoms. The van der Waals surface area contributed by atoms with E-state index in [2.05, 4.69) is 0 Å². The van der Waals surface area contributed by atoms with Crippen molar-refractivity contribution < 1.29 is 31.5 Å². The Hall–Kier alpha value is -2.34. The maximum Gasteiger partial charge on any atom is 0.598 e. The second kappa shape index (κ2) is 12.0. The molecule has 4 aromatic rings. The van der Waals surface area contributed by atoms with Gasteiger partial charge in [0.1, 0.15) is 23.0 Å². The van der Waals surface area contributed by atoms with Crippen LogP contribution in [0.1, 0.15) is 0 Å². The van der Waals surface area contributed by atoms with Gasteiger partial charge in [-0.1, -0.05) is 46.4 Å². The Labute approximate surface area is 232 Å². The van der Waals surface area contributed by atoms with Gasteiger partial charge >= 0.3 is 15.6 Å². The Kier molecular flexibility index (Phi) is 8.99. The van der Waals surface area contributed by atoms with Gasteiger partial charge in [0.2, 0.25) is 0 Å². The number of halogens is 4. The molecule has 192 valence electrons. The average molecular weight is 620 g/mol. The van der Waals surface area contributed by atoms with Crippen LogP contribution < -0.4 is 18.1 Å². The summed E-state index contributed by atoms with van der Waals surface area (Å²) in [6.45, 7) is 0. The highest BCUT2D eigenvalue weighted by molar-refractivity contribution is 7.63. The van der Waals surface area contributed by atoms with E-state index >= 15 is 0 Å². The van der Waals surface area contributed by atoms with E-state index < -0.39 is 15.6 Å². The predicted molar refractivity (Wildman–Crippen MR) is 145 cm³/mol. The molecule has 4 aromatic carbocycles. The van der Waals surface area contributed by atoms with Crippen molar-refractivity contribution in [2.24, 2.45) is 0 Å². The van der Waals surface area contributed by atoms with Crippen LogP contribution in [0, 0.1) is 0 Å². The Bertz CT molecular complexity index is 1220. The number of benzene rings is 4. The fourth-order valence-electron chi connectivity index (χ4n) is 2.72. The fourth-order valence-corrected chi connectivity index (χ4v) is 6.34. The van der Waals surface area contributed by atoms with E-state index in [9.17, 15) is 9.13 Å². The van der Waals surface area contributed by atoms with Crippen LogP contribution in [-0.4, -0.2) is 0 Å². The van der Waals surface area contributed by atoms with Crippen molar-refractivity contribution in [3.63, 3.8) is 0 Å². The first-order chi connectivity index (χ1) is 17.6. The minimum atomic E-state index is -4.76. The Morgan fingerprint density at radius 2 is 0.568 bits per heavy atom. The number of rotatable bonds is 10. The average Bonchev–Trinajstić information content (AvgIpc) is 2.85. The molecule has 0 saturated heterocycles. The molecule has 0 heterocycles. The minimum absolute atomic E-state index is 0.0474. The van der Waals surface area contributed by atoms with Crippen LogP contribution in [-0.2, 0) is 13.4 Å². The maximum atomic E-state index is 13.9. The molecule has 0 N–H and O–H groups in total. The molecule has 0 saturated carbocycles. The van der Waals surface area contributed by atoms with Crippen LogP contribution in [0.3, 0.4) is 0 Å². The zero-order valence-electron chi connectivity index (χ0n) is 18.5. The fraction of sp³-hybridized carbons (Fsp3) is 0. The third kappa shape index (κ3) is 8.33. The van der Waals surface area contributed by atoms with Crippen molar-refractivity contribution >= 4 is 62.0 Å². The van der Waals surface area contributed by atoms with E-state index in [-0.39, 0.29) is 23.0 Å². The largest absolute Gasteiger partial charge is 0.598 e. The monoisotopic (exact) mass is 618 g/mol. The molecule has 0 aliphatic rings. The maximum absolute atomic E-state index is 13.9. The van der Waals surface area contributed by atoms with Crippen LogP contribution in [0.2, 0.25) is 20.1 Å². The van der Waals surface area contributed by atoms with Crippen LogP contribution in [0.4, 0.5) is 0 Å². The number of hydrogen-bond donors (Lipinski definition) is 0. The zero-order chi connectivity index (χ0) is 26.5. The highest BCUT2D eigenvalue weighted by Crippen LogP contribution is 2.64. The molecule has 7 nitrogen and oxygen atoms in total. The molecule has 0 bridgehead atoms. The quantitative estimate of drug-likeness (QED) is 0.163. The first-order valence-electron chi connectivity index (χ1n) is 10.3. The van der Waals surface area contributed by atoms with Gasteiger partial charge in [-0.05, 0) is 97.1 Å². The Morgan fingerprint density at radius 3 is 0.757 bits per heavy atom. The van der Waals surface area contributed by atoms with Crippen LogP contribution in [0.25, 0.3) is 0 Å². The predicted octanol–water partition coefficient (Wildman–Crippen LogP) is 10.1. The van der Waals surface area contributed by atoms with Gasteiger partial charge in [-0.25, -0.2) is 9.13 Å². The van der Waals surface area contributed by atoms with E-state index in [1.807, 2.05) is 0 Å². The van der Waals surface area contributed by atoms with Gasteiger partial charge < -0.3 is 18.1 Å². The molecule has 13 heteroatoms. The summed E-state index contributed by atoms with van der Waals surface area (Å²) in [7, 11) is -9.52. The standard InChI is InChI=1S/C24H16Cl4O7P2/c25-17-1-9-21(10-2-17)31-36(29,32-22-11-3-18(26)4-12-22)35-37(30,33-23-13-5-19(27)6-14-23)34-24-15-7-20(28)8-16-24/h1-16H. The molecule has 4 rings (SSSR count). The van der Waals surface area contributed by atoms with E-state index in [1.165, 1.54) is 97.1 Å². The molecule has 0 radical (unpaired) electrons. The third-order valence-corrected chi connectivity index (χ3v) is 8.67. The molecule has 0 atom stereocenters. The summed E-state index contributed by atoms with van der Waals surface area (Å²) in [6.07, 6.45) is 0. The smallest absolute Gasteiger partial charge is 0.395 e.